The summed E-state index contributed by atoms with van der Waals surface area (Å²) in [7, 11) is 0. The number of hydrogen-bond donors (Lipinski definition) is 1. The molecule has 1 aromatic carbocycles. The number of furan rings is 1. The lowest BCUT2D eigenvalue weighted by atomic mass is 10.1. The fourth-order valence-corrected chi connectivity index (χ4v) is 3.74. The van der Waals surface area contributed by atoms with Gasteiger partial charge in [-0.2, -0.15) is 0 Å². The molecule has 0 amide bonds. The van der Waals surface area contributed by atoms with Crippen molar-refractivity contribution in [1.29, 1.82) is 0 Å². The lowest BCUT2D eigenvalue weighted by molar-refractivity contribution is 0.232. The van der Waals surface area contributed by atoms with Gasteiger partial charge in [0.05, 0.1) is 6.54 Å². The van der Waals surface area contributed by atoms with Gasteiger partial charge in [0.25, 0.3) is 0 Å². The fourth-order valence-electron chi connectivity index (χ4n) is 3.61. The molecule has 2 atom stereocenters. The Bertz CT molecular complexity index is 637. The van der Waals surface area contributed by atoms with Crippen LogP contribution in [0.3, 0.4) is 0 Å². The highest BCUT2D eigenvalue weighted by Crippen LogP contribution is 2.26. The van der Waals surface area contributed by atoms with Gasteiger partial charge in [0, 0.05) is 35.8 Å². The van der Waals surface area contributed by atoms with Crippen molar-refractivity contribution >= 4 is 11.6 Å². The molecule has 0 spiro atoms. The molecule has 0 saturated carbocycles. The summed E-state index contributed by atoms with van der Waals surface area (Å²) in [5.41, 5.74) is 1.08. The molecular formula is C18H21ClN2O. The molecule has 1 aromatic heterocycles. The van der Waals surface area contributed by atoms with E-state index in [-0.39, 0.29) is 0 Å². The maximum Gasteiger partial charge on any atom is 0.134 e. The number of benzene rings is 1. The van der Waals surface area contributed by atoms with E-state index < -0.39 is 0 Å². The molecule has 2 aromatic rings. The van der Waals surface area contributed by atoms with Crippen LogP contribution in [0, 0.1) is 0 Å². The molecule has 4 rings (SSSR count). The highest BCUT2D eigenvalue weighted by Gasteiger charge is 2.29. The minimum atomic E-state index is 0.665. The first-order chi connectivity index (χ1) is 10.8. The van der Waals surface area contributed by atoms with Crippen molar-refractivity contribution in [1.82, 2.24) is 10.2 Å². The summed E-state index contributed by atoms with van der Waals surface area (Å²) in [5.74, 6) is 1.96. The summed E-state index contributed by atoms with van der Waals surface area (Å²) < 4.78 is 6.03. The number of rotatable bonds is 3. The van der Waals surface area contributed by atoms with Crippen molar-refractivity contribution in [2.45, 2.75) is 37.9 Å². The highest BCUT2D eigenvalue weighted by atomic mass is 35.5. The molecule has 3 nitrogen and oxygen atoms in total. The van der Waals surface area contributed by atoms with Gasteiger partial charge >= 0.3 is 0 Å². The van der Waals surface area contributed by atoms with E-state index >= 15 is 0 Å². The van der Waals surface area contributed by atoms with E-state index in [0.29, 0.717) is 6.04 Å². The summed E-state index contributed by atoms with van der Waals surface area (Å²) in [6.07, 6.45) is 3.91. The zero-order chi connectivity index (χ0) is 14.9. The number of hydrogen-bond acceptors (Lipinski definition) is 3. The van der Waals surface area contributed by atoms with Crippen LogP contribution < -0.4 is 5.32 Å². The summed E-state index contributed by atoms with van der Waals surface area (Å²) in [5, 5.41) is 4.47. The van der Waals surface area contributed by atoms with Gasteiger partial charge in [-0.1, -0.05) is 11.6 Å². The summed E-state index contributed by atoms with van der Waals surface area (Å²) in [6, 6.07) is 13.3. The van der Waals surface area contributed by atoms with Crippen molar-refractivity contribution in [3.8, 4) is 11.3 Å². The quantitative estimate of drug-likeness (QED) is 0.930. The van der Waals surface area contributed by atoms with Crippen LogP contribution in [0.4, 0.5) is 0 Å². The molecule has 1 N–H and O–H groups in total. The van der Waals surface area contributed by atoms with Crippen molar-refractivity contribution in [3.63, 3.8) is 0 Å². The Morgan fingerprint density at radius 1 is 1.05 bits per heavy atom. The smallest absolute Gasteiger partial charge is 0.134 e. The van der Waals surface area contributed by atoms with E-state index in [1.54, 1.807) is 0 Å². The van der Waals surface area contributed by atoms with E-state index in [0.717, 1.165) is 47.8 Å². The van der Waals surface area contributed by atoms with Crippen LogP contribution in [-0.4, -0.2) is 30.1 Å². The van der Waals surface area contributed by atoms with E-state index in [2.05, 4.69) is 22.3 Å². The van der Waals surface area contributed by atoms with Crippen molar-refractivity contribution in [3.05, 3.63) is 47.2 Å². The third-order valence-corrected chi connectivity index (χ3v) is 5.03. The van der Waals surface area contributed by atoms with Gasteiger partial charge in [-0.3, -0.25) is 4.90 Å². The van der Waals surface area contributed by atoms with Crippen LogP contribution in [0.15, 0.2) is 40.8 Å². The molecule has 2 aliphatic heterocycles. The molecular weight excluding hydrogens is 296 g/mol. The van der Waals surface area contributed by atoms with E-state index in [1.807, 2.05) is 24.3 Å². The molecule has 4 heteroatoms. The first-order valence-electron chi connectivity index (χ1n) is 8.09. The van der Waals surface area contributed by atoms with Gasteiger partial charge in [0.1, 0.15) is 11.5 Å². The molecule has 2 saturated heterocycles. The average molecular weight is 317 g/mol. The standard InChI is InChI=1S/C18H21ClN2O/c19-14-3-1-13(2-4-14)18-8-7-17(22-18)12-21-10-9-15-5-6-16(11-21)20-15/h1-4,7-8,15-16,20H,5-6,9-12H2/t15-,16+/m1/s1. The minimum Gasteiger partial charge on any atom is -0.460 e. The van der Waals surface area contributed by atoms with Crippen molar-refractivity contribution < 1.29 is 4.42 Å². The maximum atomic E-state index is 6.03. The van der Waals surface area contributed by atoms with Crippen LogP contribution in [0.25, 0.3) is 11.3 Å². The highest BCUT2D eigenvalue weighted by molar-refractivity contribution is 6.30. The Kier molecular flexibility index (Phi) is 3.95. The number of nitrogens with zero attached hydrogens (tertiary/aromatic N) is 1. The molecule has 3 heterocycles. The Balaban J connectivity index is 1.44. The van der Waals surface area contributed by atoms with Gasteiger partial charge in [-0.15, -0.1) is 0 Å². The van der Waals surface area contributed by atoms with E-state index in [9.17, 15) is 0 Å². The normalized spacial score (nSPS) is 25.3. The molecule has 116 valence electrons. The number of likely N-dealkylation sites (tertiary alicyclic amines) is 1. The molecule has 2 aliphatic rings. The SMILES string of the molecule is Clc1ccc(-c2ccc(CN3CC[C@H]4CC[C@@H](C3)N4)o2)cc1. The number of nitrogens with one attached hydrogen (secondary N) is 1. The topological polar surface area (TPSA) is 28.4 Å². The molecule has 0 unspecified atom stereocenters. The zero-order valence-electron chi connectivity index (χ0n) is 12.6. The fraction of sp³-hybridized carbons (Fsp3) is 0.444. The lowest BCUT2D eigenvalue weighted by Gasteiger charge is -2.22. The second kappa shape index (κ2) is 6.07. The zero-order valence-corrected chi connectivity index (χ0v) is 13.4. The first-order valence-corrected chi connectivity index (χ1v) is 8.47. The van der Waals surface area contributed by atoms with Gasteiger partial charge in [-0.05, 0) is 55.7 Å². The van der Waals surface area contributed by atoms with Crippen molar-refractivity contribution in [2.24, 2.45) is 0 Å². The van der Waals surface area contributed by atoms with Gasteiger partial charge in [0.15, 0.2) is 0 Å². The van der Waals surface area contributed by atoms with Crippen LogP contribution in [0.2, 0.25) is 5.02 Å². The van der Waals surface area contributed by atoms with Gasteiger partial charge < -0.3 is 9.73 Å². The summed E-state index contributed by atoms with van der Waals surface area (Å²) in [6.45, 7) is 3.19. The summed E-state index contributed by atoms with van der Waals surface area (Å²) in [4.78, 5) is 2.52. The van der Waals surface area contributed by atoms with Crippen LogP contribution in [-0.2, 0) is 6.54 Å². The van der Waals surface area contributed by atoms with Gasteiger partial charge in [-0.25, -0.2) is 0 Å². The van der Waals surface area contributed by atoms with Crippen LogP contribution in [0.1, 0.15) is 25.0 Å². The van der Waals surface area contributed by atoms with E-state index in [1.165, 1.54) is 19.3 Å². The Hall–Kier alpha value is -1.29. The molecule has 2 bridgehead atoms. The predicted octanol–water partition coefficient (Wildman–Crippen LogP) is 3.93. The second-order valence-corrected chi connectivity index (χ2v) is 6.87. The predicted molar refractivity (Wildman–Crippen MR) is 89.0 cm³/mol. The van der Waals surface area contributed by atoms with Crippen LogP contribution >= 0.6 is 11.6 Å². The average Bonchev–Trinajstić information content (AvgIpc) is 3.09. The Morgan fingerprint density at radius 2 is 1.86 bits per heavy atom. The third kappa shape index (κ3) is 3.07. The van der Waals surface area contributed by atoms with Crippen LogP contribution in [0.5, 0.6) is 0 Å². The molecule has 2 fully saturated rings. The third-order valence-electron chi connectivity index (χ3n) is 4.78. The molecule has 0 radical (unpaired) electrons. The first kappa shape index (κ1) is 14.3. The van der Waals surface area contributed by atoms with Gasteiger partial charge in [0.2, 0.25) is 0 Å². The Labute approximate surface area is 136 Å². The largest absolute Gasteiger partial charge is 0.460 e. The maximum absolute atomic E-state index is 6.03. The van der Waals surface area contributed by atoms with Crippen molar-refractivity contribution in [2.75, 3.05) is 13.1 Å². The lowest BCUT2D eigenvalue weighted by Crippen LogP contribution is -2.34. The minimum absolute atomic E-state index is 0.665. The second-order valence-electron chi connectivity index (χ2n) is 6.43. The number of fused-ring (bicyclic) bond motifs is 2. The van der Waals surface area contributed by atoms with E-state index in [4.69, 9.17) is 16.0 Å². The summed E-state index contributed by atoms with van der Waals surface area (Å²) >= 11 is 5.94. The molecule has 22 heavy (non-hydrogen) atoms. The Morgan fingerprint density at radius 3 is 2.73 bits per heavy atom. The number of halogens is 1. The monoisotopic (exact) mass is 316 g/mol. The molecule has 0 aliphatic carbocycles.